The van der Waals surface area contributed by atoms with E-state index in [0.29, 0.717) is 12.0 Å². The highest BCUT2D eigenvalue weighted by atomic mass is 16.2. The number of dihydropyridines is 1. The molecule has 0 aromatic carbocycles. The van der Waals surface area contributed by atoms with Gasteiger partial charge in [0.15, 0.2) is 0 Å². The van der Waals surface area contributed by atoms with Gasteiger partial charge in [-0.1, -0.05) is 6.08 Å². The third-order valence-corrected chi connectivity index (χ3v) is 1.34. The number of rotatable bonds is 1. The third kappa shape index (κ3) is 2.12. The first kappa shape index (κ1) is 8.32. The molecule has 0 atom stereocenters. The first-order chi connectivity index (χ1) is 5.70. The van der Waals surface area contributed by atoms with Crippen LogP contribution in [0.3, 0.4) is 0 Å². The van der Waals surface area contributed by atoms with Crippen LogP contribution in [0.1, 0.15) is 6.42 Å². The average molecular weight is 167 g/mol. The number of nitrogens with two attached hydrogens (primary N) is 1. The molecule has 0 spiro atoms. The summed E-state index contributed by atoms with van der Waals surface area (Å²) < 4.78 is 0. The number of carbonyl (C=O) groups is 2. The molecule has 12 heavy (non-hydrogen) atoms. The van der Waals surface area contributed by atoms with Crippen molar-refractivity contribution in [3.63, 3.8) is 0 Å². The van der Waals surface area contributed by atoms with Crippen molar-refractivity contribution in [2.24, 2.45) is 5.73 Å². The third-order valence-electron chi connectivity index (χ3n) is 1.34. The molecule has 64 valence electrons. The van der Waals surface area contributed by atoms with Gasteiger partial charge in [-0.3, -0.25) is 10.1 Å². The van der Waals surface area contributed by atoms with Crippen LogP contribution >= 0.6 is 0 Å². The van der Waals surface area contributed by atoms with Gasteiger partial charge in [0, 0.05) is 11.8 Å². The lowest BCUT2D eigenvalue weighted by Gasteiger charge is -2.07. The smallest absolute Gasteiger partial charge is 0.319 e. The van der Waals surface area contributed by atoms with E-state index in [-0.39, 0.29) is 0 Å². The van der Waals surface area contributed by atoms with Crippen molar-refractivity contribution in [3.05, 3.63) is 24.0 Å². The average Bonchev–Trinajstić information content (AvgIpc) is 2.05. The van der Waals surface area contributed by atoms with E-state index in [2.05, 4.69) is 5.32 Å². The van der Waals surface area contributed by atoms with Gasteiger partial charge in [-0.05, 0) is 12.6 Å². The van der Waals surface area contributed by atoms with Crippen LogP contribution in [0.25, 0.3) is 0 Å². The summed E-state index contributed by atoms with van der Waals surface area (Å²) in [7, 11) is 0. The monoisotopic (exact) mass is 167 g/mol. The van der Waals surface area contributed by atoms with Crippen molar-refractivity contribution >= 4 is 11.9 Å². The standard InChI is InChI=1S/C7H9N3O2/c8-7(12)10-6(11)5-2-1-3-9-4-5/h1,3-4,9H,2H2,(H3,8,10,11,12). The normalized spacial score (nSPS) is 14.5. The Hall–Kier alpha value is -1.78. The lowest BCUT2D eigenvalue weighted by molar-refractivity contribution is -0.116. The van der Waals surface area contributed by atoms with Crippen LogP contribution in [0.5, 0.6) is 0 Å². The predicted molar refractivity (Wildman–Crippen MR) is 42.7 cm³/mol. The van der Waals surface area contributed by atoms with Crippen LogP contribution in [0.4, 0.5) is 4.79 Å². The number of hydrogen-bond donors (Lipinski definition) is 3. The van der Waals surface area contributed by atoms with Gasteiger partial charge < -0.3 is 11.1 Å². The summed E-state index contributed by atoms with van der Waals surface area (Å²) in [5.41, 5.74) is 5.25. The Morgan fingerprint density at radius 3 is 2.83 bits per heavy atom. The number of amides is 3. The van der Waals surface area contributed by atoms with E-state index in [1.54, 1.807) is 12.3 Å². The van der Waals surface area contributed by atoms with Gasteiger partial charge in [0.2, 0.25) is 0 Å². The molecule has 0 bridgehead atoms. The molecule has 0 aromatic rings. The largest absolute Gasteiger partial charge is 0.367 e. The first-order valence-corrected chi connectivity index (χ1v) is 3.41. The summed E-state index contributed by atoms with van der Waals surface area (Å²) in [6.07, 6.45) is 5.52. The lowest BCUT2D eigenvalue weighted by Crippen LogP contribution is -2.36. The molecule has 1 aliphatic rings. The first-order valence-electron chi connectivity index (χ1n) is 3.41. The van der Waals surface area contributed by atoms with Crippen molar-refractivity contribution in [3.8, 4) is 0 Å². The molecular weight excluding hydrogens is 158 g/mol. The van der Waals surface area contributed by atoms with Gasteiger partial charge in [0.1, 0.15) is 0 Å². The molecule has 0 aliphatic carbocycles. The van der Waals surface area contributed by atoms with Crippen molar-refractivity contribution in [2.75, 3.05) is 0 Å². The van der Waals surface area contributed by atoms with Crippen LogP contribution in [-0.4, -0.2) is 11.9 Å². The molecule has 0 unspecified atom stereocenters. The lowest BCUT2D eigenvalue weighted by atomic mass is 10.1. The number of hydrogen-bond acceptors (Lipinski definition) is 3. The van der Waals surface area contributed by atoms with E-state index in [9.17, 15) is 9.59 Å². The molecule has 0 fully saturated rings. The molecule has 0 radical (unpaired) electrons. The minimum Gasteiger partial charge on any atom is -0.367 e. The van der Waals surface area contributed by atoms with E-state index < -0.39 is 11.9 Å². The Kier molecular flexibility index (Phi) is 2.47. The SMILES string of the molecule is NC(=O)NC(=O)C1=CNC=CC1. The van der Waals surface area contributed by atoms with Crippen molar-refractivity contribution < 1.29 is 9.59 Å². The molecule has 4 N–H and O–H groups in total. The Bertz CT molecular complexity index is 268. The van der Waals surface area contributed by atoms with Gasteiger partial charge in [-0.15, -0.1) is 0 Å². The second-order valence-electron chi connectivity index (χ2n) is 2.26. The molecular formula is C7H9N3O2. The highest BCUT2D eigenvalue weighted by Gasteiger charge is 2.10. The van der Waals surface area contributed by atoms with Crippen molar-refractivity contribution in [1.82, 2.24) is 10.6 Å². The van der Waals surface area contributed by atoms with Gasteiger partial charge in [0.05, 0.1) is 0 Å². The predicted octanol–water partition coefficient (Wildman–Crippen LogP) is -0.428. The van der Waals surface area contributed by atoms with E-state index in [0.717, 1.165) is 0 Å². The zero-order valence-corrected chi connectivity index (χ0v) is 6.33. The fourth-order valence-electron chi connectivity index (χ4n) is 0.812. The van der Waals surface area contributed by atoms with Gasteiger partial charge >= 0.3 is 6.03 Å². The van der Waals surface area contributed by atoms with Gasteiger partial charge in [0.25, 0.3) is 5.91 Å². The van der Waals surface area contributed by atoms with Crippen LogP contribution < -0.4 is 16.4 Å². The number of imide groups is 1. The molecule has 0 saturated carbocycles. The second kappa shape index (κ2) is 3.56. The molecule has 0 aromatic heterocycles. The number of nitrogens with one attached hydrogen (secondary N) is 2. The number of carbonyl (C=O) groups excluding carboxylic acids is 2. The van der Waals surface area contributed by atoms with E-state index in [4.69, 9.17) is 5.73 Å². The fraction of sp³-hybridized carbons (Fsp3) is 0.143. The summed E-state index contributed by atoms with van der Waals surface area (Å²) in [6.45, 7) is 0. The minimum absolute atomic E-state index is 0.459. The molecule has 1 rings (SSSR count). The zero-order chi connectivity index (χ0) is 8.97. The molecule has 5 nitrogen and oxygen atoms in total. The Morgan fingerprint density at radius 1 is 1.58 bits per heavy atom. The Labute approximate surface area is 69.3 Å². The summed E-state index contributed by atoms with van der Waals surface area (Å²) in [6, 6.07) is -0.838. The minimum atomic E-state index is -0.838. The Balaban J connectivity index is 2.52. The second-order valence-corrected chi connectivity index (χ2v) is 2.26. The number of primary amides is 1. The molecule has 1 aliphatic heterocycles. The highest BCUT2D eigenvalue weighted by molar-refractivity contribution is 6.03. The number of urea groups is 1. The quantitative estimate of drug-likeness (QED) is 0.495. The van der Waals surface area contributed by atoms with Gasteiger partial charge in [-0.25, -0.2) is 4.79 Å². The molecule has 3 amide bonds. The van der Waals surface area contributed by atoms with Crippen molar-refractivity contribution in [2.45, 2.75) is 6.42 Å². The molecule has 5 heteroatoms. The highest BCUT2D eigenvalue weighted by Crippen LogP contribution is 2.04. The van der Waals surface area contributed by atoms with Crippen LogP contribution in [-0.2, 0) is 4.79 Å². The van der Waals surface area contributed by atoms with E-state index >= 15 is 0 Å². The zero-order valence-electron chi connectivity index (χ0n) is 6.33. The summed E-state index contributed by atoms with van der Waals surface area (Å²) in [4.78, 5) is 21.3. The maximum absolute atomic E-state index is 11.1. The van der Waals surface area contributed by atoms with Crippen LogP contribution in [0.2, 0.25) is 0 Å². The van der Waals surface area contributed by atoms with Crippen LogP contribution in [0, 0.1) is 0 Å². The van der Waals surface area contributed by atoms with Crippen molar-refractivity contribution in [1.29, 1.82) is 0 Å². The topological polar surface area (TPSA) is 84.2 Å². The maximum Gasteiger partial charge on any atom is 0.319 e. The number of allylic oxidation sites excluding steroid dienone is 1. The maximum atomic E-state index is 11.1. The summed E-state index contributed by atoms with van der Waals surface area (Å²) in [5.74, 6) is -0.459. The van der Waals surface area contributed by atoms with E-state index in [1.807, 2.05) is 5.32 Å². The Morgan fingerprint density at radius 2 is 2.33 bits per heavy atom. The summed E-state index contributed by atoms with van der Waals surface area (Å²) >= 11 is 0. The van der Waals surface area contributed by atoms with E-state index in [1.165, 1.54) is 6.20 Å². The molecule has 1 heterocycles. The molecule has 0 saturated heterocycles. The summed E-state index contributed by atoms with van der Waals surface area (Å²) in [5, 5.41) is 4.70. The van der Waals surface area contributed by atoms with Crippen LogP contribution in [0.15, 0.2) is 24.0 Å². The fourth-order valence-corrected chi connectivity index (χ4v) is 0.812. The van der Waals surface area contributed by atoms with Gasteiger partial charge in [-0.2, -0.15) is 0 Å².